The lowest BCUT2D eigenvalue weighted by Crippen LogP contribution is -1.83. The molecular formula is C5H8N2O3S. The molecule has 0 saturated heterocycles. The van der Waals surface area contributed by atoms with Crippen molar-refractivity contribution in [3.63, 3.8) is 0 Å². The summed E-state index contributed by atoms with van der Waals surface area (Å²) in [6.07, 6.45) is 1.49. The minimum atomic E-state index is -0.488. The lowest BCUT2D eigenvalue weighted by Gasteiger charge is -1.81. The monoisotopic (exact) mass is 176 g/mol. The van der Waals surface area contributed by atoms with Crippen LogP contribution in [0.1, 0.15) is 4.88 Å². The highest BCUT2D eigenvalue weighted by molar-refractivity contribution is 7.14. The number of nitrogens with zero attached hydrogens (tertiary/aromatic N) is 2. The second-order valence-corrected chi connectivity index (χ2v) is 2.72. The smallest absolute Gasteiger partial charge is 0.400 e. The first kappa shape index (κ1) is 9.99. The maximum atomic E-state index is 9.97. The number of hydrogen-bond acceptors (Lipinski definition) is 5. The van der Waals surface area contributed by atoms with E-state index in [2.05, 4.69) is 4.98 Å². The van der Waals surface area contributed by atoms with Crippen molar-refractivity contribution in [2.24, 2.45) is 0 Å². The predicted molar refractivity (Wildman–Crippen MR) is 41.6 cm³/mol. The maximum absolute atomic E-state index is 9.97. The van der Waals surface area contributed by atoms with Crippen LogP contribution in [0.15, 0.2) is 6.20 Å². The highest BCUT2D eigenvalue weighted by Crippen LogP contribution is 2.17. The number of rotatable bonds is 1. The number of aliphatic hydroxyl groups is 1. The van der Waals surface area contributed by atoms with Gasteiger partial charge >= 0.3 is 5.13 Å². The highest BCUT2D eigenvalue weighted by Gasteiger charge is 2.08. The van der Waals surface area contributed by atoms with Gasteiger partial charge in [0.1, 0.15) is 0 Å². The van der Waals surface area contributed by atoms with Gasteiger partial charge < -0.3 is 15.2 Å². The van der Waals surface area contributed by atoms with Crippen LogP contribution < -0.4 is 0 Å². The lowest BCUT2D eigenvalue weighted by atomic mass is 10.7. The standard InChI is InChI=1S/C4H4N2O2S.CH4O/c1-3-2-5-4(9-3)6(7)8;1-2/h2H,1H3;2H,1H3. The van der Waals surface area contributed by atoms with Gasteiger partial charge in [0.15, 0.2) is 6.20 Å². The maximum Gasteiger partial charge on any atom is 0.423 e. The van der Waals surface area contributed by atoms with Gasteiger partial charge in [0, 0.05) is 7.11 Å². The van der Waals surface area contributed by atoms with E-state index in [9.17, 15) is 10.1 Å². The van der Waals surface area contributed by atoms with Crippen molar-refractivity contribution >= 4 is 16.5 Å². The molecule has 0 radical (unpaired) electrons. The van der Waals surface area contributed by atoms with Gasteiger partial charge in [-0.05, 0) is 28.2 Å². The van der Waals surface area contributed by atoms with Gasteiger partial charge in [0.2, 0.25) is 0 Å². The summed E-state index contributed by atoms with van der Waals surface area (Å²) < 4.78 is 0. The molecule has 11 heavy (non-hydrogen) atoms. The molecule has 0 saturated carbocycles. The summed E-state index contributed by atoms with van der Waals surface area (Å²) in [7, 11) is 1.00. The van der Waals surface area contributed by atoms with E-state index in [1.165, 1.54) is 6.20 Å². The number of thiazole rings is 1. The normalized spacial score (nSPS) is 8.27. The number of aryl methyl sites for hydroxylation is 1. The van der Waals surface area contributed by atoms with Crippen molar-refractivity contribution in [3.05, 3.63) is 21.2 Å². The first-order valence-electron chi connectivity index (χ1n) is 2.71. The van der Waals surface area contributed by atoms with Crippen molar-refractivity contribution < 1.29 is 10.0 Å². The minimum absolute atomic E-state index is 0.0347. The van der Waals surface area contributed by atoms with E-state index in [4.69, 9.17) is 5.11 Å². The van der Waals surface area contributed by atoms with Gasteiger partial charge in [-0.3, -0.25) is 0 Å². The summed E-state index contributed by atoms with van der Waals surface area (Å²) in [5, 5.41) is 16.9. The Morgan fingerprint density at radius 2 is 2.27 bits per heavy atom. The molecule has 6 heteroatoms. The average molecular weight is 176 g/mol. The van der Waals surface area contributed by atoms with E-state index in [-0.39, 0.29) is 5.13 Å². The highest BCUT2D eigenvalue weighted by atomic mass is 32.1. The Bertz CT molecular complexity index is 235. The molecule has 0 aliphatic rings. The Hall–Kier alpha value is -1.01. The topological polar surface area (TPSA) is 76.3 Å². The van der Waals surface area contributed by atoms with E-state index < -0.39 is 4.92 Å². The van der Waals surface area contributed by atoms with E-state index in [0.717, 1.165) is 23.3 Å². The largest absolute Gasteiger partial charge is 0.423 e. The second kappa shape index (κ2) is 4.75. The quantitative estimate of drug-likeness (QED) is 0.511. The number of aromatic nitrogens is 1. The van der Waals surface area contributed by atoms with Gasteiger partial charge in [-0.25, -0.2) is 0 Å². The van der Waals surface area contributed by atoms with Crippen LogP contribution in [0.5, 0.6) is 0 Å². The van der Waals surface area contributed by atoms with Crippen LogP contribution >= 0.6 is 11.3 Å². The Kier molecular flexibility index (Phi) is 4.32. The van der Waals surface area contributed by atoms with Crippen LogP contribution in [-0.2, 0) is 0 Å². The van der Waals surface area contributed by atoms with Crippen molar-refractivity contribution in [1.29, 1.82) is 0 Å². The molecule has 0 aliphatic heterocycles. The molecule has 0 bridgehead atoms. The molecule has 0 amide bonds. The van der Waals surface area contributed by atoms with Gasteiger partial charge in [0.25, 0.3) is 0 Å². The lowest BCUT2D eigenvalue weighted by molar-refractivity contribution is -0.384. The van der Waals surface area contributed by atoms with Gasteiger partial charge in [0.05, 0.1) is 4.88 Å². The Labute approximate surface area is 67.5 Å². The van der Waals surface area contributed by atoms with Crippen LogP contribution in [-0.4, -0.2) is 22.1 Å². The van der Waals surface area contributed by atoms with Crippen molar-refractivity contribution in [1.82, 2.24) is 4.98 Å². The third-order valence-corrected chi connectivity index (χ3v) is 1.63. The molecule has 1 heterocycles. The van der Waals surface area contributed by atoms with E-state index >= 15 is 0 Å². The fraction of sp³-hybridized carbons (Fsp3) is 0.400. The summed E-state index contributed by atoms with van der Waals surface area (Å²) in [6, 6.07) is 0. The van der Waals surface area contributed by atoms with Crippen LogP contribution in [0, 0.1) is 17.0 Å². The Morgan fingerprint density at radius 3 is 2.45 bits per heavy atom. The molecule has 1 N–H and O–H groups in total. The molecule has 0 atom stereocenters. The van der Waals surface area contributed by atoms with Gasteiger partial charge in [-0.15, -0.1) is 0 Å². The zero-order valence-electron chi connectivity index (χ0n) is 6.14. The summed E-state index contributed by atoms with van der Waals surface area (Å²) in [5.41, 5.74) is 0. The van der Waals surface area contributed by atoms with Crippen LogP contribution in [0.3, 0.4) is 0 Å². The SMILES string of the molecule is CO.Cc1cnc([N+](=O)[O-])s1. The molecule has 0 fully saturated rings. The van der Waals surface area contributed by atoms with Crippen LogP contribution in [0.2, 0.25) is 0 Å². The van der Waals surface area contributed by atoms with Gasteiger partial charge in [-0.2, -0.15) is 0 Å². The average Bonchev–Trinajstić information content (AvgIpc) is 2.40. The molecule has 0 aliphatic carbocycles. The summed E-state index contributed by atoms with van der Waals surface area (Å²) in [6.45, 7) is 1.78. The van der Waals surface area contributed by atoms with E-state index in [0.29, 0.717) is 0 Å². The third kappa shape index (κ3) is 3.06. The fourth-order valence-corrected chi connectivity index (χ4v) is 1.00. The first-order chi connectivity index (χ1) is 5.20. The molecule has 62 valence electrons. The second-order valence-electron chi connectivity index (χ2n) is 1.51. The number of nitro groups is 1. The first-order valence-corrected chi connectivity index (χ1v) is 3.53. The molecule has 5 nitrogen and oxygen atoms in total. The molecule has 0 unspecified atom stereocenters. The van der Waals surface area contributed by atoms with E-state index in [1.54, 1.807) is 6.92 Å². The van der Waals surface area contributed by atoms with Crippen molar-refractivity contribution in [3.8, 4) is 0 Å². The molecule has 0 aromatic carbocycles. The van der Waals surface area contributed by atoms with Crippen molar-refractivity contribution in [2.45, 2.75) is 6.92 Å². The summed E-state index contributed by atoms with van der Waals surface area (Å²) >= 11 is 1.09. The molecule has 1 aromatic heterocycles. The molecule has 0 spiro atoms. The van der Waals surface area contributed by atoms with Crippen molar-refractivity contribution in [2.75, 3.05) is 7.11 Å². The van der Waals surface area contributed by atoms with Gasteiger partial charge in [-0.1, -0.05) is 0 Å². The number of aliphatic hydroxyl groups excluding tert-OH is 1. The summed E-state index contributed by atoms with van der Waals surface area (Å²) in [5.74, 6) is 0. The van der Waals surface area contributed by atoms with Crippen LogP contribution in [0.4, 0.5) is 5.13 Å². The number of hydrogen-bond donors (Lipinski definition) is 1. The Balaban J connectivity index is 0.000000461. The zero-order valence-corrected chi connectivity index (χ0v) is 6.96. The van der Waals surface area contributed by atoms with E-state index in [1.807, 2.05) is 0 Å². The van der Waals surface area contributed by atoms with Crippen LogP contribution in [0.25, 0.3) is 0 Å². The zero-order chi connectivity index (χ0) is 8.85. The molecular weight excluding hydrogens is 168 g/mol. The summed E-state index contributed by atoms with van der Waals surface area (Å²) in [4.78, 5) is 13.9. The minimum Gasteiger partial charge on any atom is -0.400 e. The fourth-order valence-electron chi connectivity index (χ4n) is 0.427. The molecule has 1 aromatic rings. The predicted octanol–water partition coefficient (Wildman–Crippen LogP) is 0.968. The third-order valence-electron chi connectivity index (χ3n) is 0.765. The molecule has 1 rings (SSSR count). The Morgan fingerprint density at radius 1 is 1.73 bits per heavy atom.